The van der Waals surface area contributed by atoms with Gasteiger partial charge in [-0.25, -0.2) is 0 Å². The van der Waals surface area contributed by atoms with Crippen molar-refractivity contribution in [3.63, 3.8) is 0 Å². The zero-order chi connectivity index (χ0) is 14.7. The van der Waals surface area contributed by atoms with Crippen LogP contribution in [0.1, 0.15) is 33.3 Å². The number of rotatable bonds is 7. The molecule has 1 fully saturated rings. The van der Waals surface area contributed by atoms with Gasteiger partial charge in [0.15, 0.2) is 11.5 Å². The Morgan fingerprint density at radius 2 is 1.75 bits per heavy atom. The number of hydrogen-bond acceptors (Lipinski definition) is 3. The van der Waals surface area contributed by atoms with Crippen LogP contribution in [0.15, 0.2) is 12.1 Å². The van der Waals surface area contributed by atoms with E-state index in [1.54, 1.807) is 0 Å². The van der Waals surface area contributed by atoms with Gasteiger partial charge in [-0.15, -0.1) is 0 Å². The molecule has 1 aliphatic heterocycles. The normalized spacial score (nSPS) is 22.4. The number of epoxide rings is 1. The standard InChI is InChI=1S/C16H23ClO3/c1-5-18-14-8-12(7-10(3)16-11(4)20-16)13(17)9-15(14)19-6-2/h8-11,16H,5-7H2,1-4H3. The largest absolute Gasteiger partial charge is 0.490 e. The maximum atomic E-state index is 6.37. The molecule has 1 saturated heterocycles. The Morgan fingerprint density at radius 3 is 2.25 bits per heavy atom. The molecule has 0 bridgehead atoms. The summed E-state index contributed by atoms with van der Waals surface area (Å²) in [6.45, 7) is 9.42. The zero-order valence-electron chi connectivity index (χ0n) is 12.6. The molecule has 1 heterocycles. The number of hydrogen-bond donors (Lipinski definition) is 0. The topological polar surface area (TPSA) is 31.0 Å². The average molecular weight is 299 g/mol. The van der Waals surface area contributed by atoms with Gasteiger partial charge in [-0.1, -0.05) is 18.5 Å². The third kappa shape index (κ3) is 3.58. The van der Waals surface area contributed by atoms with Gasteiger partial charge in [-0.2, -0.15) is 0 Å². The second-order valence-corrected chi connectivity index (χ2v) is 5.65. The van der Waals surface area contributed by atoms with Crippen LogP contribution < -0.4 is 9.47 Å². The monoisotopic (exact) mass is 298 g/mol. The fourth-order valence-electron chi connectivity index (χ4n) is 2.53. The highest BCUT2D eigenvalue weighted by atomic mass is 35.5. The van der Waals surface area contributed by atoms with E-state index >= 15 is 0 Å². The summed E-state index contributed by atoms with van der Waals surface area (Å²) in [5, 5.41) is 0.733. The minimum Gasteiger partial charge on any atom is -0.490 e. The van der Waals surface area contributed by atoms with Crippen LogP contribution in [-0.2, 0) is 11.2 Å². The molecule has 0 saturated carbocycles. The first-order valence-corrected chi connectivity index (χ1v) is 7.68. The Labute approximate surface area is 126 Å². The van der Waals surface area contributed by atoms with Crippen LogP contribution in [0.5, 0.6) is 11.5 Å². The summed E-state index contributed by atoms with van der Waals surface area (Å²) in [6.07, 6.45) is 1.62. The molecule has 0 aliphatic carbocycles. The molecule has 20 heavy (non-hydrogen) atoms. The van der Waals surface area contributed by atoms with E-state index in [9.17, 15) is 0 Å². The maximum absolute atomic E-state index is 6.37. The molecule has 0 spiro atoms. The van der Waals surface area contributed by atoms with Crippen LogP contribution in [0.4, 0.5) is 0 Å². The van der Waals surface area contributed by atoms with Crippen molar-refractivity contribution in [3.05, 3.63) is 22.7 Å². The predicted octanol–water partition coefficient (Wildman–Crippen LogP) is 4.10. The smallest absolute Gasteiger partial charge is 0.162 e. The first kappa shape index (κ1) is 15.5. The van der Waals surface area contributed by atoms with E-state index in [4.69, 9.17) is 25.8 Å². The molecule has 4 heteroatoms. The summed E-state index contributed by atoms with van der Waals surface area (Å²) in [6, 6.07) is 3.86. The van der Waals surface area contributed by atoms with Crippen LogP contribution in [0, 0.1) is 5.92 Å². The Balaban J connectivity index is 2.17. The van der Waals surface area contributed by atoms with Gasteiger partial charge in [0.25, 0.3) is 0 Å². The molecule has 0 N–H and O–H groups in total. The molecular formula is C16H23ClO3. The van der Waals surface area contributed by atoms with Crippen LogP contribution >= 0.6 is 11.6 Å². The van der Waals surface area contributed by atoms with Crippen molar-refractivity contribution < 1.29 is 14.2 Å². The molecule has 112 valence electrons. The van der Waals surface area contributed by atoms with Gasteiger partial charge in [0.05, 0.1) is 25.4 Å². The molecule has 0 radical (unpaired) electrons. The van der Waals surface area contributed by atoms with E-state index in [1.807, 2.05) is 26.0 Å². The first-order valence-electron chi connectivity index (χ1n) is 7.30. The van der Waals surface area contributed by atoms with E-state index in [0.29, 0.717) is 37.1 Å². The van der Waals surface area contributed by atoms with Gasteiger partial charge in [0, 0.05) is 11.1 Å². The number of benzene rings is 1. The zero-order valence-corrected chi connectivity index (χ0v) is 13.4. The molecule has 1 aliphatic rings. The highest BCUT2D eigenvalue weighted by Gasteiger charge is 2.38. The maximum Gasteiger partial charge on any atom is 0.162 e. The van der Waals surface area contributed by atoms with Gasteiger partial charge in [0.2, 0.25) is 0 Å². The van der Waals surface area contributed by atoms with Crippen LogP contribution in [0.25, 0.3) is 0 Å². The summed E-state index contributed by atoms with van der Waals surface area (Å²) in [5.41, 5.74) is 1.09. The molecular weight excluding hydrogens is 276 g/mol. The predicted molar refractivity (Wildman–Crippen MR) is 81.0 cm³/mol. The van der Waals surface area contributed by atoms with E-state index in [-0.39, 0.29) is 0 Å². The van der Waals surface area contributed by atoms with Crippen molar-refractivity contribution in [2.75, 3.05) is 13.2 Å². The Hall–Kier alpha value is -0.930. The van der Waals surface area contributed by atoms with Gasteiger partial charge in [-0.05, 0) is 44.7 Å². The quantitative estimate of drug-likeness (QED) is 0.710. The third-order valence-corrected chi connectivity index (χ3v) is 3.92. The van der Waals surface area contributed by atoms with E-state index in [0.717, 1.165) is 22.8 Å². The summed E-state index contributed by atoms with van der Waals surface area (Å²) in [7, 11) is 0. The highest BCUT2D eigenvalue weighted by Crippen LogP contribution is 2.37. The van der Waals surface area contributed by atoms with Crippen LogP contribution in [-0.4, -0.2) is 25.4 Å². The number of halogens is 1. The van der Waals surface area contributed by atoms with Gasteiger partial charge >= 0.3 is 0 Å². The van der Waals surface area contributed by atoms with Crippen LogP contribution in [0.3, 0.4) is 0 Å². The summed E-state index contributed by atoms with van der Waals surface area (Å²) < 4.78 is 16.8. The van der Waals surface area contributed by atoms with Crippen LogP contribution in [0.2, 0.25) is 5.02 Å². The highest BCUT2D eigenvalue weighted by molar-refractivity contribution is 6.31. The van der Waals surface area contributed by atoms with Crippen molar-refractivity contribution in [3.8, 4) is 11.5 Å². The molecule has 3 nitrogen and oxygen atoms in total. The van der Waals surface area contributed by atoms with Crippen molar-refractivity contribution in [1.29, 1.82) is 0 Å². The summed E-state index contributed by atoms with van der Waals surface area (Å²) >= 11 is 6.37. The second-order valence-electron chi connectivity index (χ2n) is 5.24. The van der Waals surface area contributed by atoms with Gasteiger partial charge in [0.1, 0.15) is 0 Å². The summed E-state index contributed by atoms with van der Waals surface area (Å²) in [5.74, 6) is 1.94. The Kier molecular flexibility index (Phi) is 5.17. The third-order valence-electron chi connectivity index (χ3n) is 3.57. The van der Waals surface area contributed by atoms with Gasteiger partial charge in [-0.3, -0.25) is 0 Å². The van der Waals surface area contributed by atoms with Crippen molar-refractivity contribution in [1.82, 2.24) is 0 Å². The van der Waals surface area contributed by atoms with E-state index in [2.05, 4.69) is 13.8 Å². The Bertz CT molecular complexity index is 461. The molecule has 0 aromatic heterocycles. The lowest BCUT2D eigenvalue weighted by atomic mass is 9.96. The minimum absolute atomic E-state index is 0.355. The Morgan fingerprint density at radius 1 is 1.20 bits per heavy atom. The lowest BCUT2D eigenvalue weighted by molar-refractivity contribution is 0.287. The fraction of sp³-hybridized carbons (Fsp3) is 0.625. The SMILES string of the molecule is CCOc1cc(Cl)c(CC(C)C2OC2C)cc1OCC. The first-order chi connectivity index (χ1) is 9.56. The molecule has 2 rings (SSSR count). The number of ether oxygens (including phenoxy) is 3. The average Bonchev–Trinajstić information content (AvgIpc) is 3.12. The van der Waals surface area contributed by atoms with E-state index in [1.165, 1.54) is 0 Å². The van der Waals surface area contributed by atoms with Crippen molar-refractivity contribution in [2.45, 2.75) is 46.3 Å². The summed E-state index contributed by atoms with van der Waals surface area (Å²) in [4.78, 5) is 0. The second kappa shape index (κ2) is 6.68. The minimum atomic E-state index is 0.355. The van der Waals surface area contributed by atoms with E-state index < -0.39 is 0 Å². The molecule has 3 unspecified atom stereocenters. The van der Waals surface area contributed by atoms with Gasteiger partial charge < -0.3 is 14.2 Å². The molecule has 0 amide bonds. The molecule has 1 aromatic rings. The van der Waals surface area contributed by atoms with Crippen molar-refractivity contribution >= 4 is 11.6 Å². The lowest BCUT2D eigenvalue weighted by Crippen LogP contribution is -2.10. The fourth-order valence-corrected chi connectivity index (χ4v) is 2.76. The molecule has 3 atom stereocenters. The van der Waals surface area contributed by atoms with Crippen molar-refractivity contribution in [2.24, 2.45) is 5.92 Å². The lowest BCUT2D eigenvalue weighted by Gasteiger charge is -2.16. The molecule has 1 aromatic carbocycles.